The maximum absolute atomic E-state index is 9.26. The molecule has 0 amide bonds. The molecule has 0 aromatic carbocycles. The molecule has 1 aromatic rings. The van der Waals surface area contributed by atoms with Gasteiger partial charge in [0, 0.05) is 17.8 Å². The van der Waals surface area contributed by atoms with Crippen LogP contribution < -0.4 is 5.32 Å². The molecule has 1 aromatic heterocycles. The minimum atomic E-state index is 0.202. The minimum absolute atomic E-state index is 0.202. The van der Waals surface area contributed by atoms with Crippen LogP contribution in [-0.2, 0) is 0 Å². The minimum Gasteiger partial charge on any atom is -0.367 e. The average Bonchev–Trinajstić information content (AvgIpc) is 2.90. The third-order valence-electron chi connectivity index (χ3n) is 4.65. The summed E-state index contributed by atoms with van der Waals surface area (Å²) in [5.41, 5.74) is 2.89. The summed E-state index contributed by atoms with van der Waals surface area (Å²) in [5, 5.41) is 12.7. The molecule has 1 aliphatic carbocycles. The molecule has 0 saturated heterocycles. The van der Waals surface area contributed by atoms with E-state index >= 15 is 0 Å². The van der Waals surface area contributed by atoms with Crippen LogP contribution in [-0.4, -0.2) is 36.1 Å². The molecule has 0 aliphatic heterocycles. The molecule has 108 valence electrons. The predicted octanol–water partition coefficient (Wildman–Crippen LogP) is 2.86. The molecule has 0 spiro atoms. The zero-order valence-electron chi connectivity index (χ0n) is 13.0. The maximum atomic E-state index is 9.26. The van der Waals surface area contributed by atoms with Gasteiger partial charge in [-0.3, -0.25) is 0 Å². The molecule has 1 saturated carbocycles. The first-order valence-electron chi connectivity index (χ1n) is 7.28. The molecule has 1 fully saturated rings. The molecule has 1 N–H and O–H groups in total. The molecular formula is C16H24N4. The van der Waals surface area contributed by atoms with E-state index in [2.05, 4.69) is 35.4 Å². The predicted molar refractivity (Wildman–Crippen MR) is 81.8 cm³/mol. The van der Waals surface area contributed by atoms with Crippen LogP contribution in [0.2, 0.25) is 0 Å². The lowest BCUT2D eigenvalue weighted by Crippen LogP contribution is -2.47. The van der Waals surface area contributed by atoms with Gasteiger partial charge < -0.3 is 10.2 Å². The molecule has 2 rings (SSSR count). The van der Waals surface area contributed by atoms with Crippen molar-refractivity contribution >= 4 is 5.82 Å². The second-order valence-electron chi connectivity index (χ2n) is 6.08. The van der Waals surface area contributed by atoms with Crippen molar-refractivity contribution < 1.29 is 0 Å². The highest BCUT2D eigenvalue weighted by Gasteiger charge is 2.35. The molecule has 4 nitrogen and oxygen atoms in total. The summed E-state index contributed by atoms with van der Waals surface area (Å²) in [6, 6.07) is 4.16. The standard InChI is InChI=1S/C16H24N4/c1-12-9-14(10-17)15(19-13(12)2)18-11-16(20(3)4)7-5-6-8-16/h9H,5-8,11H2,1-4H3,(H,18,19). The maximum Gasteiger partial charge on any atom is 0.144 e. The average molecular weight is 272 g/mol. The highest BCUT2D eigenvalue weighted by atomic mass is 15.2. The largest absolute Gasteiger partial charge is 0.367 e. The number of aromatic nitrogens is 1. The van der Waals surface area contributed by atoms with Crippen LogP contribution in [0.25, 0.3) is 0 Å². The van der Waals surface area contributed by atoms with Gasteiger partial charge in [0.25, 0.3) is 0 Å². The molecule has 0 atom stereocenters. The Morgan fingerprint density at radius 3 is 2.55 bits per heavy atom. The number of nitriles is 1. The quantitative estimate of drug-likeness (QED) is 0.915. The third kappa shape index (κ3) is 2.78. The van der Waals surface area contributed by atoms with E-state index < -0.39 is 0 Å². The Kier molecular flexibility index (Phi) is 4.29. The number of rotatable bonds is 4. The van der Waals surface area contributed by atoms with Crippen molar-refractivity contribution in [3.8, 4) is 6.07 Å². The van der Waals surface area contributed by atoms with E-state index in [1.54, 1.807) is 0 Å². The van der Waals surface area contributed by atoms with Crippen molar-refractivity contribution in [1.82, 2.24) is 9.88 Å². The van der Waals surface area contributed by atoms with Crippen molar-refractivity contribution in [2.24, 2.45) is 0 Å². The summed E-state index contributed by atoms with van der Waals surface area (Å²) in [6.45, 7) is 4.83. The van der Waals surface area contributed by atoms with Crippen LogP contribution >= 0.6 is 0 Å². The van der Waals surface area contributed by atoms with Gasteiger partial charge in [0.15, 0.2) is 0 Å². The fourth-order valence-corrected chi connectivity index (χ4v) is 2.99. The second kappa shape index (κ2) is 5.80. The van der Waals surface area contributed by atoms with Gasteiger partial charge in [0.2, 0.25) is 0 Å². The smallest absolute Gasteiger partial charge is 0.144 e. The van der Waals surface area contributed by atoms with E-state index in [1.165, 1.54) is 25.7 Å². The zero-order chi connectivity index (χ0) is 14.8. The van der Waals surface area contributed by atoms with Gasteiger partial charge in [0.1, 0.15) is 11.9 Å². The van der Waals surface area contributed by atoms with Crippen molar-refractivity contribution in [2.75, 3.05) is 26.0 Å². The SMILES string of the molecule is Cc1cc(C#N)c(NCC2(N(C)C)CCCC2)nc1C. The monoisotopic (exact) mass is 272 g/mol. The Hall–Kier alpha value is -1.60. The molecule has 0 bridgehead atoms. The Labute approximate surface area is 121 Å². The van der Waals surface area contributed by atoms with E-state index in [9.17, 15) is 5.26 Å². The highest BCUT2D eigenvalue weighted by molar-refractivity contribution is 5.54. The molecule has 0 unspecified atom stereocenters. The number of hydrogen-bond acceptors (Lipinski definition) is 4. The van der Waals surface area contributed by atoms with Crippen molar-refractivity contribution in [2.45, 2.75) is 45.1 Å². The zero-order valence-corrected chi connectivity index (χ0v) is 13.0. The molecular weight excluding hydrogens is 248 g/mol. The van der Waals surface area contributed by atoms with Crippen molar-refractivity contribution in [3.63, 3.8) is 0 Å². The number of pyridine rings is 1. The van der Waals surface area contributed by atoms with Gasteiger partial charge in [-0.15, -0.1) is 0 Å². The Bertz CT molecular complexity index is 522. The van der Waals surface area contributed by atoms with E-state index in [4.69, 9.17) is 0 Å². The molecule has 1 aliphatic rings. The van der Waals surface area contributed by atoms with Gasteiger partial charge in [0.05, 0.1) is 5.56 Å². The lowest BCUT2D eigenvalue weighted by atomic mass is 9.96. The fourth-order valence-electron chi connectivity index (χ4n) is 2.99. The van der Waals surface area contributed by atoms with Crippen molar-refractivity contribution in [3.05, 3.63) is 22.9 Å². The molecule has 20 heavy (non-hydrogen) atoms. The first-order valence-corrected chi connectivity index (χ1v) is 7.28. The highest BCUT2D eigenvalue weighted by Crippen LogP contribution is 2.34. The van der Waals surface area contributed by atoms with E-state index in [0.29, 0.717) is 5.56 Å². The number of nitrogens with one attached hydrogen (secondary N) is 1. The summed E-state index contributed by atoms with van der Waals surface area (Å²) in [4.78, 5) is 6.86. The lowest BCUT2D eigenvalue weighted by Gasteiger charge is -2.36. The Morgan fingerprint density at radius 2 is 2.00 bits per heavy atom. The van der Waals surface area contributed by atoms with Gasteiger partial charge in [-0.2, -0.15) is 5.26 Å². The summed E-state index contributed by atoms with van der Waals surface area (Å²) in [7, 11) is 4.29. The lowest BCUT2D eigenvalue weighted by molar-refractivity contribution is 0.172. The number of nitrogens with zero attached hydrogens (tertiary/aromatic N) is 3. The number of aryl methyl sites for hydroxylation is 2. The topological polar surface area (TPSA) is 52.0 Å². The number of likely N-dealkylation sites (N-methyl/N-ethyl adjacent to an activating group) is 1. The van der Waals surface area contributed by atoms with Crippen LogP contribution in [0.3, 0.4) is 0 Å². The molecule has 0 radical (unpaired) electrons. The van der Waals surface area contributed by atoms with Crippen LogP contribution in [0.5, 0.6) is 0 Å². The summed E-state index contributed by atoms with van der Waals surface area (Å²) < 4.78 is 0. The Morgan fingerprint density at radius 1 is 1.35 bits per heavy atom. The van der Waals surface area contributed by atoms with E-state index in [0.717, 1.165) is 23.6 Å². The van der Waals surface area contributed by atoms with E-state index in [-0.39, 0.29) is 5.54 Å². The van der Waals surface area contributed by atoms with Crippen LogP contribution in [0.1, 0.15) is 42.5 Å². The van der Waals surface area contributed by atoms with Crippen LogP contribution in [0, 0.1) is 25.2 Å². The molecule has 4 heteroatoms. The summed E-state index contributed by atoms with van der Waals surface area (Å²) in [5.74, 6) is 0.726. The number of hydrogen-bond donors (Lipinski definition) is 1. The van der Waals surface area contributed by atoms with Gasteiger partial charge in [-0.25, -0.2) is 4.98 Å². The van der Waals surface area contributed by atoms with Crippen LogP contribution in [0.15, 0.2) is 6.07 Å². The van der Waals surface area contributed by atoms with E-state index in [1.807, 2.05) is 19.9 Å². The molecule has 1 heterocycles. The summed E-state index contributed by atoms with van der Waals surface area (Å²) in [6.07, 6.45) is 4.98. The van der Waals surface area contributed by atoms with Gasteiger partial charge in [-0.1, -0.05) is 12.8 Å². The second-order valence-corrected chi connectivity index (χ2v) is 6.08. The van der Waals surface area contributed by atoms with Crippen LogP contribution in [0.4, 0.5) is 5.82 Å². The third-order valence-corrected chi connectivity index (χ3v) is 4.65. The first-order chi connectivity index (χ1) is 9.48. The summed E-state index contributed by atoms with van der Waals surface area (Å²) >= 11 is 0. The fraction of sp³-hybridized carbons (Fsp3) is 0.625. The first kappa shape index (κ1) is 14.8. The van der Waals surface area contributed by atoms with Gasteiger partial charge >= 0.3 is 0 Å². The van der Waals surface area contributed by atoms with Crippen molar-refractivity contribution in [1.29, 1.82) is 5.26 Å². The normalized spacial score (nSPS) is 17.2. The van der Waals surface area contributed by atoms with Gasteiger partial charge in [-0.05, 0) is 52.4 Å². The Balaban J connectivity index is 2.18. The number of anilines is 1.